The van der Waals surface area contributed by atoms with Crippen molar-refractivity contribution in [2.75, 3.05) is 27.9 Å². The minimum Gasteiger partial charge on any atom is -0.503 e. The van der Waals surface area contributed by atoms with Crippen molar-refractivity contribution < 1.29 is 24.1 Å². The van der Waals surface area contributed by atoms with E-state index in [4.69, 9.17) is 14.2 Å². The zero-order valence-corrected chi connectivity index (χ0v) is 12.7. The first-order valence-corrected chi connectivity index (χ1v) is 6.58. The van der Waals surface area contributed by atoms with Crippen molar-refractivity contribution >= 4 is 5.78 Å². The van der Waals surface area contributed by atoms with Crippen molar-refractivity contribution in [2.45, 2.75) is 19.8 Å². The Balaban J connectivity index is 3.12. The predicted molar refractivity (Wildman–Crippen MR) is 76.4 cm³/mol. The molecule has 0 aliphatic carbocycles. The maximum Gasteiger partial charge on any atom is 0.265 e. The molecule has 0 bridgehead atoms. The molecule has 0 saturated carbocycles. The van der Waals surface area contributed by atoms with E-state index in [9.17, 15) is 14.7 Å². The van der Waals surface area contributed by atoms with Gasteiger partial charge in [-0.3, -0.25) is 14.6 Å². The van der Waals surface area contributed by atoms with Crippen LogP contribution in [0.1, 0.15) is 30.1 Å². The minimum atomic E-state index is -0.700. The molecule has 1 heterocycles. The van der Waals surface area contributed by atoms with Crippen molar-refractivity contribution in [1.29, 1.82) is 0 Å². The van der Waals surface area contributed by atoms with E-state index in [0.29, 0.717) is 19.4 Å². The Morgan fingerprint density at radius 2 is 1.95 bits per heavy atom. The average molecular weight is 299 g/mol. The third-order valence-electron chi connectivity index (χ3n) is 3.20. The van der Waals surface area contributed by atoms with Crippen LogP contribution in [0, 0.1) is 5.92 Å². The highest BCUT2D eigenvalue weighted by molar-refractivity contribution is 6.00. The number of pyridine rings is 1. The van der Waals surface area contributed by atoms with Crippen LogP contribution in [-0.2, 0) is 4.74 Å². The Morgan fingerprint density at radius 1 is 1.29 bits per heavy atom. The molecule has 0 radical (unpaired) electrons. The number of aromatic amines is 1. The summed E-state index contributed by atoms with van der Waals surface area (Å²) in [7, 11) is 4.21. The summed E-state index contributed by atoms with van der Waals surface area (Å²) in [6.45, 7) is 2.24. The Labute approximate surface area is 122 Å². The standard InChI is InChI=1S/C14H21NO6/c1-8(6-5-7-19-2)10(16)9-11(17)12(20-3)14(21-4)15-13(9)18/h8H,5-7H2,1-4H3,(H2,15,17,18). The summed E-state index contributed by atoms with van der Waals surface area (Å²) in [6.07, 6.45) is 1.25. The molecular formula is C14H21NO6. The number of Topliss-reactive ketones (excluding diaryl/α,β-unsaturated/α-hetero) is 1. The molecule has 21 heavy (non-hydrogen) atoms. The number of aromatic hydroxyl groups is 1. The molecule has 0 saturated heterocycles. The number of ketones is 1. The van der Waals surface area contributed by atoms with Gasteiger partial charge in [-0.15, -0.1) is 0 Å². The molecule has 0 fully saturated rings. The van der Waals surface area contributed by atoms with E-state index in [2.05, 4.69) is 4.98 Å². The largest absolute Gasteiger partial charge is 0.503 e. The van der Waals surface area contributed by atoms with Crippen LogP contribution in [0.25, 0.3) is 0 Å². The van der Waals surface area contributed by atoms with Crippen LogP contribution in [-0.4, -0.2) is 43.8 Å². The van der Waals surface area contributed by atoms with E-state index in [1.807, 2.05) is 0 Å². The summed E-state index contributed by atoms with van der Waals surface area (Å²) in [5.41, 5.74) is -1.01. The van der Waals surface area contributed by atoms with E-state index in [1.54, 1.807) is 14.0 Å². The number of hydrogen-bond acceptors (Lipinski definition) is 6. The summed E-state index contributed by atoms with van der Waals surface area (Å²) < 4.78 is 14.8. The molecule has 2 N–H and O–H groups in total. The van der Waals surface area contributed by atoms with Crippen molar-refractivity contribution in [3.05, 3.63) is 15.9 Å². The summed E-state index contributed by atoms with van der Waals surface area (Å²) in [5, 5.41) is 10.1. The zero-order chi connectivity index (χ0) is 16.0. The first-order chi connectivity index (χ1) is 9.97. The third kappa shape index (κ3) is 3.75. The highest BCUT2D eigenvalue weighted by atomic mass is 16.5. The van der Waals surface area contributed by atoms with Crippen molar-refractivity contribution in [1.82, 2.24) is 4.98 Å². The maximum absolute atomic E-state index is 12.3. The van der Waals surface area contributed by atoms with Gasteiger partial charge in [-0.1, -0.05) is 6.92 Å². The number of H-pyrrole nitrogens is 1. The highest BCUT2D eigenvalue weighted by Gasteiger charge is 2.26. The second-order valence-electron chi connectivity index (χ2n) is 4.64. The molecule has 0 aromatic carbocycles. The smallest absolute Gasteiger partial charge is 0.265 e. The van der Waals surface area contributed by atoms with Crippen LogP contribution in [0.5, 0.6) is 17.4 Å². The molecule has 0 aliphatic heterocycles. The molecule has 1 aromatic rings. The van der Waals surface area contributed by atoms with Crippen LogP contribution < -0.4 is 15.0 Å². The summed E-state index contributed by atoms with van der Waals surface area (Å²) in [6, 6.07) is 0. The third-order valence-corrected chi connectivity index (χ3v) is 3.20. The molecular weight excluding hydrogens is 278 g/mol. The van der Waals surface area contributed by atoms with Gasteiger partial charge < -0.3 is 19.3 Å². The van der Waals surface area contributed by atoms with E-state index >= 15 is 0 Å². The second kappa shape index (κ2) is 7.68. The number of carbonyl (C=O) groups excluding carboxylic acids is 1. The fourth-order valence-electron chi connectivity index (χ4n) is 2.02. The summed E-state index contributed by atoms with van der Waals surface area (Å²) in [5.74, 6) is -1.44. The van der Waals surface area contributed by atoms with Gasteiger partial charge in [-0.2, -0.15) is 0 Å². The number of aromatic nitrogens is 1. The van der Waals surface area contributed by atoms with Crippen molar-refractivity contribution in [3.63, 3.8) is 0 Å². The number of hydrogen-bond donors (Lipinski definition) is 2. The van der Waals surface area contributed by atoms with Gasteiger partial charge in [0.25, 0.3) is 5.56 Å². The molecule has 7 nitrogen and oxygen atoms in total. The Hall–Kier alpha value is -2.02. The predicted octanol–water partition coefficient (Wildman–Crippen LogP) is 1.34. The van der Waals surface area contributed by atoms with E-state index in [0.717, 1.165) is 0 Å². The van der Waals surface area contributed by atoms with Gasteiger partial charge in [-0.05, 0) is 12.8 Å². The quantitative estimate of drug-likeness (QED) is 0.555. The van der Waals surface area contributed by atoms with Gasteiger partial charge in [0.15, 0.2) is 11.5 Å². The van der Waals surface area contributed by atoms with Crippen molar-refractivity contribution in [2.24, 2.45) is 5.92 Å². The lowest BCUT2D eigenvalue weighted by atomic mass is 9.95. The lowest BCUT2D eigenvalue weighted by Gasteiger charge is -2.14. The second-order valence-corrected chi connectivity index (χ2v) is 4.64. The lowest BCUT2D eigenvalue weighted by molar-refractivity contribution is 0.0909. The fourth-order valence-corrected chi connectivity index (χ4v) is 2.02. The normalized spacial score (nSPS) is 12.0. The van der Waals surface area contributed by atoms with E-state index < -0.39 is 23.0 Å². The fraction of sp³-hybridized carbons (Fsp3) is 0.571. The van der Waals surface area contributed by atoms with E-state index in [-0.39, 0.29) is 17.2 Å². The SMILES string of the molecule is COCCCC(C)C(=O)c1c(O)c(OC)c(OC)[nH]c1=O. The van der Waals surface area contributed by atoms with Crippen molar-refractivity contribution in [3.8, 4) is 17.4 Å². The van der Waals surface area contributed by atoms with Gasteiger partial charge in [-0.25, -0.2) is 0 Å². The number of methoxy groups -OCH3 is 3. The molecule has 118 valence electrons. The van der Waals surface area contributed by atoms with Gasteiger partial charge in [0.05, 0.1) is 14.2 Å². The molecule has 7 heteroatoms. The topological polar surface area (TPSA) is 97.8 Å². The van der Waals surface area contributed by atoms with Gasteiger partial charge >= 0.3 is 0 Å². The lowest BCUT2D eigenvalue weighted by Crippen LogP contribution is -2.23. The Morgan fingerprint density at radius 3 is 2.48 bits per heavy atom. The molecule has 0 spiro atoms. The van der Waals surface area contributed by atoms with Crippen LogP contribution >= 0.6 is 0 Å². The number of nitrogens with one attached hydrogen (secondary N) is 1. The Kier molecular flexibility index (Phi) is 6.23. The number of carbonyl (C=O) groups is 1. The molecule has 0 amide bonds. The molecule has 1 rings (SSSR count). The number of rotatable bonds is 8. The van der Waals surface area contributed by atoms with Gasteiger partial charge in [0, 0.05) is 19.6 Å². The average Bonchev–Trinajstić information content (AvgIpc) is 2.46. The summed E-state index contributed by atoms with van der Waals surface area (Å²) >= 11 is 0. The molecule has 0 aliphatic rings. The number of ether oxygens (including phenoxy) is 3. The minimum absolute atomic E-state index is 0.0245. The van der Waals surface area contributed by atoms with Crippen LogP contribution in [0.3, 0.4) is 0 Å². The van der Waals surface area contributed by atoms with Crippen LogP contribution in [0.15, 0.2) is 4.79 Å². The molecule has 1 unspecified atom stereocenters. The van der Waals surface area contributed by atoms with Crippen LogP contribution in [0.4, 0.5) is 0 Å². The van der Waals surface area contributed by atoms with Crippen LogP contribution in [0.2, 0.25) is 0 Å². The first kappa shape index (κ1) is 17.0. The Bertz CT molecular complexity index is 551. The van der Waals surface area contributed by atoms with Gasteiger partial charge in [0.1, 0.15) is 5.56 Å². The van der Waals surface area contributed by atoms with Gasteiger partial charge in [0.2, 0.25) is 11.6 Å². The molecule has 1 atom stereocenters. The monoisotopic (exact) mass is 299 g/mol. The zero-order valence-electron chi connectivity index (χ0n) is 12.7. The highest BCUT2D eigenvalue weighted by Crippen LogP contribution is 2.36. The van der Waals surface area contributed by atoms with E-state index in [1.165, 1.54) is 14.2 Å². The molecule has 1 aromatic heterocycles. The summed E-state index contributed by atoms with van der Waals surface area (Å²) in [4.78, 5) is 26.7. The maximum atomic E-state index is 12.3. The first-order valence-electron chi connectivity index (χ1n) is 6.58.